The second kappa shape index (κ2) is 8.64. The number of carbonyl (C=O) groups is 3. The first-order valence-electron chi connectivity index (χ1n) is 11.3. The van der Waals surface area contributed by atoms with Gasteiger partial charge in [0.2, 0.25) is 11.0 Å². The van der Waals surface area contributed by atoms with Gasteiger partial charge < -0.3 is 5.32 Å². The number of anilines is 1. The van der Waals surface area contributed by atoms with E-state index in [1.807, 2.05) is 36.4 Å². The summed E-state index contributed by atoms with van der Waals surface area (Å²) < 4.78 is 0. The number of benzene rings is 2. The molecule has 3 aromatic rings. The van der Waals surface area contributed by atoms with Crippen molar-refractivity contribution in [3.63, 3.8) is 0 Å². The summed E-state index contributed by atoms with van der Waals surface area (Å²) in [6.45, 7) is 3.88. The Morgan fingerprint density at radius 1 is 1.15 bits per heavy atom. The molecule has 2 aromatic carbocycles. The molecule has 1 fully saturated rings. The molecule has 1 aliphatic carbocycles. The number of amides is 4. The van der Waals surface area contributed by atoms with Crippen molar-refractivity contribution in [2.45, 2.75) is 44.6 Å². The minimum Gasteiger partial charge on any atom is -0.319 e. The number of urea groups is 1. The maximum Gasteiger partial charge on any atom is 0.325 e. The van der Waals surface area contributed by atoms with Crippen LogP contribution >= 0.6 is 11.3 Å². The van der Waals surface area contributed by atoms with Crippen LogP contribution < -0.4 is 10.6 Å². The predicted octanol–water partition coefficient (Wildman–Crippen LogP) is 4.05. The molecule has 0 saturated carbocycles. The largest absolute Gasteiger partial charge is 0.325 e. The van der Waals surface area contributed by atoms with Gasteiger partial charge in [0.05, 0.1) is 0 Å². The molecule has 34 heavy (non-hydrogen) atoms. The zero-order chi connectivity index (χ0) is 23.9. The summed E-state index contributed by atoms with van der Waals surface area (Å²) in [5.41, 5.74) is 2.92. The quantitative estimate of drug-likeness (QED) is 0.542. The van der Waals surface area contributed by atoms with Crippen LogP contribution in [0.4, 0.5) is 9.93 Å². The van der Waals surface area contributed by atoms with Crippen molar-refractivity contribution >= 4 is 34.3 Å². The van der Waals surface area contributed by atoms with Crippen molar-refractivity contribution in [2.75, 3.05) is 11.9 Å². The van der Waals surface area contributed by atoms with Crippen LogP contribution in [-0.2, 0) is 21.5 Å². The molecule has 1 spiro atoms. The fraction of sp³-hybridized carbons (Fsp3) is 0.320. The fourth-order valence-electron chi connectivity index (χ4n) is 4.66. The molecule has 2 N–H and O–H groups in total. The van der Waals surface area contributed by atoms with Gasteiger partial charge in [-0.25, -0.2) is 4.79 Å². The van der Waals surface area contributed by atoms with E-state index in [-0.39, 0.29) is 12.5 Å². The number of carbonyl (C=O) groups excluding carboxylic acids is 3. The normalized spacial score (nSPS) is 19.4. The average molecular weight is 476 g/mol. The number of imide groups is 1. The molecule has 9 heteroatoms. The van der Waals surface area contributed by atoms with Crippen LogP contribution in [0.2, 0.25) is 0 Å². The standard InChI is InChI=1S/C25H25N5O3S/c1-15(2)16-9-11-18(12-10-16)21-28-29-23(34-21)26-20(31)14-30-22(32)25(27-24(30)33)13-5-7-17-6-3-4-8-19(17)25/h3-4,6,8-12,15H,5,7,13-14H2,1-2H3,(H,27,33)(H,26,29,31)/t25-/m1/s1. The Kier molecular flexibility index (Phi) is 5.65. The van der Waals surface area contributed by atoms with Gasteiger partial charge in [0, 0.05) is 5.56 Å². The van der Waals surface area contributed by atoms with E-state index in [0.717, 1.165) is 34.4 Å². The number of nitrogens with zero attached hydrogens (tertiary/aromatic N) is 3. The second-order valence-electron chi connectivity index (χ2n) is 8.97. The highest BCUT2D eigenvalue weighted by molar-refractivity contribution is 7.18. The van der Waals surface area contributed by atoms with Crippen molar-refractivity contribution < 1.29 is 14.4 Å². The third-order valence-electron chi connectivity index (χ3n) is 6.45. The van der Waals surface area contributed by atoms with Crippen molar-refractivity contribution in [1.29, 1.82) is 0 Å². The van der Waals surface area contributed by atoms with Gasteiger partial charge in [0.25, 0.3) is 5.91 Å². The van der Waals surface area contributed by atoms with Gasteiger partial charge in [-0.3, -0.25) is 19.8 Å². The van der Waals surface area contributed by atoms with Crippen LogP contribution in [0.5, 0.6) is 0 Å². The first-order valence-corrected chi connectivity index (χ1v) is 12.2. The molecule has 1 aliphatic heterocycles. The van der Waals surface area contributed by atoms with E-state index in [2.05, 4.69) is 46.8 Å². The molecule has 2 aliphatic rings. The first-order chi connectivity index (χ1) is 16.4. The van der Waals surface area contributed by atoms with Gasteiger partial charge in [-0.2, -0.15) is 0 Å². The highest BCUT2D eigenvalue weighted by Crippen LogP contribution is 2.39. The molecule has 8 nitrogen and oxygen atoms in total. The Labute approximate surface area is 201 Å². The summed E-state index contributed by atoms with van der Waals surface area (Å²) in [6.07, 6.45) is 2.16. The lowest BCUT2D eigenvalue weighted by Crippen LogP contribution is -2.47. The monoisotopic (exact) mass is 475 g/mol. The molecule has 1 atom stereocenters. The van der Waals surface area contributed by atoms with Gasteiger partial charge in [-0.1, -0.05) is 73.7 Å². The van der Waals surface area contributed by atoms with Crippen LogP contribution in [-0.4, -0.2) is 39.5 Å². The zero-order valence-corrected chi connectivity index (χ0v) is 19.8. The minimum absolute atomic E-state index is 0.317. The van der Waals surface area contributed by atoms with Gasteiger partial charge >= 0.3 is 6.03 Å². The fourth-order valence-corrected chi connectivity index (χ4v) is 5.42. The first kappa shape index (κ1) is 22.2. The summed E-state index contributed by atoms with van der Waals surface area (Å²) in [5.74, 6) is -0.449. The summed E-state index contributed by atoms with van der Waals surface area (Å²) in [5, 5.41) is 14.7. The molecule has 1 saturated heterocycles. The number of fused-ring (bicyclic) bond motifs is 2. The smallest absolute Gasteiger partial charge is 0.319 e. The van der Waals surface area contributed by atoms with E-state index < -0.39 is 17.5 Å². The lowest BCUT2D eigenvalue weighted by Gasteiger charge is -2.33. The van der Waals surface area contributed by atoms with E-state index in [4.69, 9.17) is 0 Å². The van der Waals surface area contributed by atoms with Crippen LogP contribution in [0.15, 0.2) is 48.5 Å². The number of nitrogens with one attached hydrogen (secondary N) is 2. The van der Waals surface area contributed by atoms with Crippen LogP contribution in [0.25, 0.3) is 10.6 Å². The summed E-state index contributed by atoms with van der Waals surface area (Å²) in [6, 6.07) is 15.2. The van der Waals surface area contributed by atoms with E-state index in [1.165, 1.54) is 16.9 Å². The highest BCUT2D eigenvalue weighted by atomic mass is 32.1. The van der Waals surface area contributed by atoms with E-state index in [9.17, 15) is 14.4 Å². The number of aromatic nitrogens is 2. The predicted molar refractivity (Wildman–Crippen MR) is 129 cm³/mol. The number of hydrogen-bond donors (Lipinski definition) is 2. The molecule has 2 heterocycles. The van der Waals surface area contributed by atoms with Crippen molar-refractivity contribution in [3.8, 4) is 10.6 Å². The van der Waals surface area contributed by atoms with E-state index in [1.54, 1.807) is 0 Å². The van der Waals surface area contributed by atoms with Crippen LogP contribution in [0, 0.1) is 0 Å². The highest BCUT2D eigenvalue weighted by Gasteiger charge is 2.54. The third-order valence-corrected chi connectivity index (χ3v) is 7.34. The van der Waals surface area contributed by atoms with Gasteiger partial charge in [0.1, 0.15) is 17.1 Å². The molecule has 5 rings (SSSR count). The molecular weight excluding hydrogens is 450 g/mol. The SMILES string of the molecule is CC(C)c1ccc(-c2nnc(NC(=O)CN3C(=O)N[C@@]4(CCCc5ccccc54)C3=O)s2)cc1. The van der Waals surface area contributed by atoms with Gasteiger partial charge in [0.15, 0.2) is 0 Å². The van der Waals surface area contributed by atoms with E-state index >= 15 is 0 Å². The Morgan fingerprint density at radius 2 is 1.91 bits per heavy atom. The van der Waals surface area contributed by atoms with Crippen LogP contribution in [0.3, 0.4) is 0 Å². The Hall–Kier alpha value is -3.59. The summed E-state index contributed by atoms with van der Waals surface area (Å²) >= 11 is 1.24. The lowest BCUT2D eigenvalue weighted by molar-refractivity contribution is -0.134. The van der Waals surface area contributed by atoms with Crippen molar-refractivity contribution in [1.82, 2.24) is 20.4 Å². The van der Waals surface area contributed by atoms with Crippen LogP contribution in [0.1, 0.15) is 49.3 Å². The van der Waals surface area contributed by atoms with Crippen molar-refractivity contribution in [2.24, 2.45) is 0 Å². The molecular formula is C25H25N5O3S. The minimum atomic E-state index is -1.09. The number of aryl methyl sites for hydroxylation is 1. The lowest BCUT2D eigenvalue weighted by atomic mass is 9.76. The maximum absolute atomic E-state index is 13.3. The average Bonchev–Trinajstić information content (AvgIpc) is 3.38. The molecule has 0 radical (unpaired) electrons. The Balaban J connectivity index is 1.28. The summed E-state index contributed by atoms with van der Waals surface area (Å²) in [4.78, 5) is 39.7. The molecule has 1 aromatic heterocycles. The van der Waals surface area contributed by atoms with Gasteiger partial charge in [-0.05, 0) is 41.9 Å². The third kappa shape index (κ3) is 3.86. The van der Waals surface area contributed by atoms with Gasteiger partial charge in [-0.15, -0.1) is 10.2 Å². The zero-order valence-electron chi connectivity index (χ0n) is 19.0. The summed E-state index contributed by atoms with van der Waals surface area (Å²) in [7, 11) is 0. The molecule has 0 unspecified atom stereocenters. The van der Waals surface area contributed by atoms with E-state index in [0.29, 0.717) is 22.5 Å². The molecule has 4 amide bonds. The van der Waals surface area contributed by atoms with Crippen molar-refractivity contribution in [3.05, 3.63) is 65.2 Å². The topological polar surface area (TPSA) is 104 Å². The number of rotatable bonds is 5. The Bertz CT molecular complexity index is 1270. The number of hydrogen-bond acceptors (Lipinski definition) is 6. The maximum atomic E-state index is 13.3. The second-order valence-corrected chi connectivity index (χ2v) is 9.95. The molecule has 174 valence electrons. The Morgan fingerprint density at radius 3 is 2.68 bits per heavy atom. The molecule has 0 bridgehead atoms.